The van der Waals surface area contributed by atoms with E-state index < -0.39 is 11.4 Å². The van der Waals surface area contributed by atoms with Gasteiger partial charge in [-0.05, 0) is 36.8 Å². The molecule has 2 rings (SSSR count). The lowest BCUT2D eigenvalue weighted by Crippen LogP contribution is -2.37. The molecule has 0 bridgehead atoms. The van der Waals surface area contributed by atoms with Gasteiger partial charge in [0, 0.05) is 6.42 Å². The van der Waals surface area contributed by atoms with Crippen molar-refractivity contribution in [1.29, 1.82) is 0 Å². The highest BCUT2D eigenvalue weighted by atomic mass is 16.4. The predicted octanol–water partition coefficient (Wildman–Crippen LogP) is 2.20. The lowest BCUT2D eigenvalue weighted by Gasteiger charge is -2.36. The van der Waals surface area contributed by atoms with E-state index in [1.54, 1.807) is 7.05 Å². The Balaban J connectivity index is 2.00. The Labute approximate surface area is 119 Å². The molecule has 0 unspecified atom stereocenters. The van der Waals surface area contributed by atoms with Gasteiger partial charge in [0.1, 0.15) is 0 Å². The van der Waals surface area contributed by atoms with Gasteiger partial charge < -0.3 is 5.11 Å². The molecule has 0 spiro atoms. The third-order valence-corrected chi connectivity index (χ3v) is 4.53. The van der Waals surface area contributed by atoms with Gasteiger partial charge in [0.15, 0.2) is 5.82 Å². The molecule has 0 amide bonds. The fraction of sp³-hybridized carbons (Fsp3) is 0.857. The van der Waals surface area contributed by atoms with Crippen LogP contribution in [-0.4, -0.2) is 31.3 Å². The van der Waals surface area contributed by atoms with Crippen molar-refractivity contribution < 1.29 is 9.90 Å². The predicted molar refractivity (Wildman–Crippen MR) is 74.1 cm³/mol. The van der Waals surface area contributed by atoms with Crippen molar-refractivity contribution in [2.75, 3.05) is 0 Å². The molecule has 1 heterocycles. The number of aryl methyl sites for hydroxylation is 1. The Morgan fingerprint density at radius 3 is 2.65 bits per heavy atom. The topological polar surface area (TPSA) is 80.9 Å². The van der Waals surface area contributed by atoms with Crippen molar-refractivity contribution in [1.82, 2.24) is 20.2 Å². The van der Waals surface area contributed by atoms with Crippen LogP contribution in [0.25, 0.3) is 0 Å². The molecule has 112 valence electrons. The molecule has 0 radical (unpaired) electrons. The van der Waals surface area contributed by atoms with E-state index in [2.05, 4.69) is 22.3 Å². The van der Waals surface area contributed by atoms with E-state index in [0.717, 1.165) is 25.7 Å². The lowest BCUT2D eigenvalue weighted by molar-refractivity contribution is -0.151. The van der Waals surface area contributed by atoms with Crippen LogP contribution in [0.4, 0.5) is 0 Å². The maximum absolute atomic E-state index is 11.7. The number of nitrogens with zero attached hydrogens (tertiary/aromatic N) is 4. The second kappa shape index (κ2) is 6.33. The Kier molecular flexibility index (Phi) is 4.73. The molecule has 6 nitrogen and oxygen atoms in total. The van der Waals surface area contributed by atoms with Crippen molar-refractivity contribution in [2.24, 2.45) is 18.4 Å². The second-order valence-electron chi connectivity index (χ2n) is 6.04. The largest absolute Gasteiger partial charge is 0.481 e. The zero-order valence-electron chi connectivity index (χ0n) is 12.4. The maximum Gasteiger partial charge on any atom is 0.310 e. The summed E-state index contributed by atoms with van der Waals surface area (Å²) < 4.78 is 0. The summed E-state index contributed by atoms with van der Waals surface area (Å²) in [4.78, 5) is 13.1. The molecule has 1 aromatic heterocycles. The number of carboxylic acid groups (broad SMARTS) is 1. The van der Waals surface area contributed by atoms with Crippen LogP contribution in [-0.2, 0) is 18.3 Å². The van der Waals surface area contributed by atoms with Gasteiger partial charge in [-0.25, -0.2) is 0 Å². The first-order valence-electron chi connectivity index (χ1n) is 7.52. The number of tetrazole rings is 1. The van der Waals surface area contributed by atoms with Crippen LogP contribution >= 0.6 is 0 Å². The first-order valence-corrected chi connectivity index (χ1v) is 7.52. The monoisotopic (exact) mass is 280 g/mol. The smallest absolute Gasteiger partial charge is 0.310 e. The Hall–Kier alpha value is -1.46. The molecule has 1 aromatic rings. The standard InChI is InChI=1S/C14H24N4O2/c1-3-4-5-11-6-8-14(9-7-11,13(19)20)10-12-15-17-18(2)16-12/h11H,3-10H2,1-2H3,(H,19,20). The normalized spacial score (nSPS) is 26.6. The highest BCUT2D eigenvalue weighted by Crippen LogP contribution is 2.42. The van der Waals surface area contributed by atoms with Crippen molar-refractivity contribution >= 4 is 5.97 Å². The Morgan fingerprint density at radius 1 is 1.45 bits per heavy atom. The van der Waals surface area contributed by atoms with Gasteiger partial charge in [-0.2, -0.15) is 4.80 Å². The molecule has 20 heavy (non-hydrogen) atoms. The third-order valence-electron chi connectivity index (χ3n) is 4.53. The summed E-state index contributed by atoms with van der Waals surface area (Å²) in [6, 6.07) is 0. The quantitative estimate of drug-likeness (QED) is 0.864. The zero-order valence-corrected chi connectivity index (χ0v) is 12.4. The molecule has 1 N–H and O–H groups in total. The van der Waals surface area contributed by atoms with Crippen LogP contribution in [0.3, 0.4) is 0 Å². The summed E-state index contributed by atoms with van der Waals surface area (Å²) >= 11 is 0. The Bertz CT molecular complexity index is 450. The average Bonchev–Trinajstić information content (AvgIpc) is 2.83. The minimum Gasteiger partial charge on any atom is -0.481 e. The van der Waals surface area contributed by atoms with E-state index in [0.29, 0.717) is 18.2 Å². The summed E-state index contributed by atoms with van der Waals surface area (Å²) in [5, 5.41) is 21.5. The molecule has 0 aromatic carbocycles. The fourth-order valence-corrected chi connectivity index (χ4v) is 3.17. The molecule has 1 fully saturated rings. The summed E-state index contributed by atoms with van der Waals surface area (Å²) in [7, 11) is 1.70. The summed E-state index contributed by atoms with van der Waals surface area (Å²) in [6.07, 6.45) is 7.57. The number of hydrogen-bond acceptors (Lipinski definition) is 4. The van der Waals surface area contributed by atoms with Crippen molar-refractivity contribution in [3.05, 3.63) is 5.82 Å². The highest BCUT2D eigenvalue weighted by molar-refractivity contribution is 5.75. The van der Waals surface area contributed by atoms with Gasteiger partial charge >= 0.3 is 5.97 Å². The van der Waals surface area contributed by atoms with Crippen molar-refractivity contribution in [3.8, 4) is 0 Å². The minimum absolute atomic E-state index is 0.399. The van der Waals surface area contributed by atoms with Gasteiger partial charge in [0.2, 0.25) is 0 Å². The van der Waals surface area contributed by atoms with Crippen LogP contribution in [0.5, 0.6) is 0 Å². The number of carbonyl (C=O) groups is 1. The van der Waals surface area contributed by atoms with E-state index >= 15 is 0 Å². The molecular weight excluding hydrogens is 256 g/mol. The number of unbranched alkanes of at least 4 members (excludes halogenated alkanes) is 1. The van der Waals surface area contributed by atoms with Crippen LogP contribution in [0.2, 0.25) is 0 Å². The first kappa shape index (κ1) is 14.9. The molecule has 0 atom stereocenters. The maximum atomic E-state index is 11.7. The lowest BCUT2D eigenvalue weighted by atomic mass is 9.67. The number of aliphatic carboxylic acids is 1. The van der Waals surface area contributed by atoms with Crippen LogP contribution in [0.1, 0.15) is 57.7 Å². The third kappa shape index (κ3) is 3.35. The molecule has 1 saturated carbocycles. The van der Waals surface area contributed by atoms with Crippen molar-refractivity contribution in [3.63, 3.8) is 0 Å². The zero-order chi connectivity index (χ0) is 14.6. The van der Waals surface area contributed by atoms with Crippen LogP contribution in [0, 0.1) is 11.3 Å². The molecular formula is C14H24N4O2. The number of hydrogen-bond donors (Lipinski definition) is 1. The second-order valence-corrected chi connectivity index (χ2v) is 6.04. The number of aromatic nitrogens is 4. The van der Waals surface area contributed by atoms with Gasteiger partial charge in [0.25, 0.3) is 0 Å². The van der Waals surface area contributed by atoms with E-state index in [-0.39, 0.29) is 0 Å². The molecule has 6 heteroatoms. The van der Waals surface area contributed by atoms with Gasteiger partial charge in [-0.15, -0.1) is 10.2 Å². The Morgan fingerprint density at radius 2 is 2.15 bits per heavy atom. The van der Waals surface area contributed by atoms with E-state index in [4.69, 9.17) is 0 Å². The first-order chi connectivity index (χ1) is 9.55. The molecule has 0 saturated heterocycles. The molecule has 1 aliphatic rings. The average molecular weight is 280 g/mol. The van der Waals surface area contributed by atoms with Gasteiger partial charge in [0.05, 0.1) is 12.5 Å². The number of carboxylic acids is 1. The summed E-state index contributed by atoms with van der Waals surface area (Å²) in [5.74, 6) is 0.526. The van der Waals surface area contributed by atoms with E-state index in [1.807, 2.05) is 0 Å². The van der Waals surface area contributed by atoms with Crippen LogP contribution < -0.4 is 0 Å². The minimum atomic E-state index is -0.709. The van der Waals surface area contributed by atoms with Crippen molar-refractivity contribution in [2.45, 2.75) is 58.3 Å². The van der Waals surface area contributed by atoms with Crippen LogP contribution in [0.15, 0.2) is 0 Å². The summed E-state index contributed by atoms with van der Waals surface area (Å²) in [5.41, 5.74) is -0.689. The van der Waals surface area contributed by atoms with Gasteiger partial charge in [-0.1, -0.05) is 26.2 Å². The fourth-order valence-electron chi connectivity index (χ4n) is 3.17. The van der Waals surface area contributed by atoms with E-state index in [9.17, 15) is 9.90 Å². The highest BCUT2D eigenvalue weighted by Gasteiger charge is 2.42. The summed E-state index contributed by atoms with van der Waals surface area (Å²) in [6.45, 7) is 2.20. The molecule has 0 aliphatic heterocycles. The SMILES string of the molecule is CCCCC1CCC(Cc2nnn(C)n2)(C(=O)O)CC1. The molecule has 1 aliphatic carbocycles. The van der Waals surface area contributed by atoms with E-state index in [1.165, 1.54) is 24.1 Å². The number of rotatable bonds is 6. The van der Waals surface area contributed by atoms with Gasteiger partial charge in [-0.3, -0.25) is 4.79 Å².